The second-order valence-corrected chi connectivity index (χ2v) is 6.73. The Bertz CT molecular complexity index is 914. The number of nitrogens with one attached hydrogen (secondary N) is 2. The summed E-state index contributed by atoms with van der Waals surface area (Å²) in [5.41, 5.74) is 4.74. The molecule has 1 aromatic carbocycles. The van der Waals surface area contributed by atoms with Gasteiger partial charge in [0.25, 0.3) is 0 Å². The van der Waals surface area contributed by atoms with E-state index in [-0.39, 0.29) is 0 Å². The number of aromatic nitrogens is 4. The molecule has 0 bridgehead atoms. The minimum Gasteiger partial charge on any atom is -0.369 e. The number of nitrogens with zero attached hydrogens (tertiary/aromatic N) is 4. The van der Waals surface area contributed by atoms with Crippen LogP contribution in [-0.2, 0) is 25.8 Å². The molecule has 2 aromatic heterocycles. The summed E-state index contributed by atoms with van der Waals surface area (Å²) < 4.78 is 2.30. The fourth-order valence-corrected chi connectivity index (χ4v) is 3.78. The molecular formula is C20H26N6. The Kier molecular flexibility index (Phi) is 4.84. The largest absolute Gasteiger partial charge is 0.369 e. The number of para-hydroxylation sites is 2. The Morgan fingerprint density at radius 1 is 1.12 bits per heavy atom. The molecule has 0 fully saturated rings. The van der Waals surface area contributed by atoms with Crippen LogP contribution >= 0.6 is 0 Å². The van der Waals surface area contributed by atoms with E-state index in [1.165, 1.54) is 16.8 Å². The summed E-state index contributed by atoms with van der Waals surface area (Å²) in [6.45, 7) is 7.87. The number of hydrogen-bond acceptors (Lipinski definition) is 5. The van der Waals surface area contributed by atoms with Crippen molar-refractivity contribution in [3.63, 3.8) is 0 Å². The van der Waals surface area contributed by atoms with Gasteiger partial charge in [-0.1, -0.05) is 12.1 Å². The molecule has 0 unspecified atom stereocenters. The van der Waals surface area contributed by atoms with Crippen LogP contribution in [0.1, 0.15) is 29.8 Å². The highest BCUT2D eigenvalue weighted by Gasteiger charge is 2.16. The van der Waals surface area contributed by atoms with Crippen LogP contribution in [0, 0.1) is 6.92 Å². The standard InChI is InChI=1S/C20H26N6/c1-3-26-18-7-5-4-6-17(18)25-19(26)10-13-22-20-15-8-11-21-12-9-16(15)23-14(2)24-20/h4-7,21H,3,8-13H2,1-2H3,(H,22,23,24). The lowest BCUT2D eigenvalue weighted by molar-refractivity contribution is 0.708. The van der Waals surface area contributed by atoms with Crippen molar-refractivity contribution in [2.75, 3.05) is 25.0 Å². The van der Waals surface area contributed by atoms with Crippen LogP contribution in [0.25, 0.3) is 11.0 Å². The maximum absolute atomic E-state index is 4.81. The van der Waals surface area contributed by atoms with E-state index in [0.29, 0.717) is 0 Å². The molecule has 0 atom stereocenters. The average molecular weight is 350 g/mol. The SMILES string of the molecule is CCn1c(CCNc2nc(C)nc3c2CCNCC3)nc2ccccc21. The second kappa shape index (κ2) is 7.41. The molecule has 6 nitrogen and oxygen atoms in total. The van der Waals surface area contributed by atoms with E-state index in [9.17, 15) is 0 Å². The Morgan fingerprint density at radius 2 is 1.96 bits per heavy atom. The fraction of sp³-hybridized carbons (Fsp3) is 0.450. The van der Waals surface area contributed by atoms with Crippen molar-refractivity contribution in [3.8, 4) is 0 Å². The number of imidazole rings is 1. The molecule has 0 saturated heterocycles. The highest BCUT2D eigenvalue weighted by Crippen LogP contribution is 2.20. The van der Waals surface area contributed by atoms with Gasteiger partial charge in [0.2, 0.25) is 0 Å². The van der Waals surface area contributed by atoms with Crippen molar-refractivity contribution in [3.05, 3.63) is 47.2 Å². The number of rotatable bonds is 5. The lowest BCUT2D eigenvalue weighted by atomic mass is 10.1. The first kappa shape index (κ1) is 17.0. The number of fused-ring (bicyclic) bond motifs is 2. The first-order chi connectivity index (χ1) is 12.8. The van der Waals surface area contributed by atoms with Crippen LogP contribution in [0.2, 0.25) is 0 Å². The predicted molar refractivity (Wildman–Crippen MR) is 105 cm³/mol. The maximum atomic E-state index is 4.81. The van der Waals surface area contributed by atoms with Crippen molar-refractivity contribution in [2.24, 2.45) is 0 Å². The fourth-order valence-electron chi connectivity index (χ4n) is 3.78. The summed E-state index contributed by atoms with van der Waals surface area (Å²) in [5.74, 6) is 2.96. The van der Waals surface area contributed by atoms with Crippen molar-refractivity contribution < 1.29 is 0 Å². The predicted octanol–water partition coefficient (Wildman–Crippen LogP) is 2.50. The maximum Gasteiger partial charge on any atom is 0.133 e. The van der Waals surface area contributed by atoms with Crippen LogP contribution in [0.3, 0.4) is 0 Å². The summed E-state index contributed by atoms with van der Waals surface area (Å²) in [4.78, 5) is 14.1. The molecule has 0 spiro atoms. The molecule has 4 rings (SSSR count). The van der Waals surface area contributed by atoms with E-state index < -0.39 is 0 Å². The molecule has 1 aliphatic rings. The summed E-state index contributed by atoms with van der Waals surface area (Å²) in [7, 11) is 0. The van der Waals surface area contributed by atoms with Crippen molar-refractivity contribution in [1.82, 2.24) is 24.8 Å². The van der Waals surface area contributed by atoms with Crippen molar-refractivity contribution in [2.45, 2.75) is 39.7 Å². The number of aryl methyl sites for hydroxylation is 2. The molecule has 0 aliphatic carbocycles. The van der Waals surface area contributed by atoms with Crippen LogP contribution in [0.4, 0.5) is 5.82 Å². The van der Waals surface area contributed by atoms with Gasteiger partial charge in [-0.25, -0.2) is 15.0 Å². The third kappa shape index (κ3) is 3.29. The van der Waals surface area contributed by atoms with E-state index in [1.54, 1.807) is 0 Å². The minimum atomic E-state index is 0.819. The smallest absolute Gasteiger partial charge is 0.133 e. The van der Waals surface area contributed by atoms with Crippen LogP contribution in [0.15, 0.2) is 24.3 Å². The molecule has 2 N–H and O–H groups in total. The van der Waals surface area contributed by atoms with Gasteiger partial charge < -0.3 is 15.2 Å². The van der Waals surface area contributed by atoms with E-state index >= 15 is 0 Å². The summed E-state index contributed by atoms with van der Waals surface area (Å²) in [6.07, 6.45) is 2.82. The topological polar surface area (TPSA) is 67.7 Å². The van der Waals surface area contributed by atoms with Gasteiger partial charge in [-0.2, -0.15) is 0 Å². The Labute approximate surface area is 154 Å². The third-order valence-corrected chi connectivity index (χ3v) is 4.99. The van der Waals surface area contributed by atoms with Gasteiger partial charge in [-0.15, -0.1) is 0 Å². The number of benzene rings is 1. The average Bonchev–Trinajstić information content (AvgIpc) is 2.82. The van der Waals surface area contributed by atoms with Gasteiger partial charge >= 0.3 is 0 Å². The molecule has 3 heterocycles. The lowest BCUT2D eigenvalue weighted by Crippen LogP contribution is -2.16. The Balaban J connectivity index is 1.53. The van der Waals surface area contributed by atoms with Crippen molar-refractivity contribution >= 4 is 16.9 Å². The van der Waals surface area contributed by atoms with Gasteiger partial charge in [0.15, 0.2) is 0 Å². The normalized spacial score (nSPS) is 14.2. The molecule has 26 heavy (non-hydrogen) atoms. The Morgan fingerprint density at radius 3 is 2.85 bits per heavy atom. The molecule has 0 saturated carbocycles. The zero-order valence-electron chi connectivity index (χ0n) is 15.5. The molecular weight excluding hydrogens is 324 g/mol. The van der Waals surface area contributed by atoms with Crippen molar-refractivity contribution in [1.29, 1.82) is 0 Å². The highest BCUT2D eigenvalue weighted by atomic mass is 15.1. The monoisotopic (exact) mass is 350 g/mol. The first-order valence-electron chi connectivity index (χ1n) is 9.51. The minimum absolute atomic E-state index is 0.819. The van der Waals surface area contributed by atoms with Gasteiger partial charge in [0, 0.05) is 38.0 Å². The van der Waals surface area contributed by atoms with Crippen LogP contribution in [0.5, 0.6) is 0 Å². The van der Waals surface area contributed by atoms with Gasteiger partial charge in [0.1, 0.15) is 17.5 Å². The van der Waals surface area contributed by atoms with Crippen LogP contribution in [-0.4, -0.2) is 39.2 Å². The third-order valence-electron chi connectivity index (χ3n) is 4.99. The molecule has 1 aliphatic heterocycles. The number of hydrogen-bond donors (Lipinski definition) is 2. The van der Waals surface area contributed by atoms with Crippen LogP contribution < -0.4 is 10.6 Å². The summed E-state index contributed by atoms with van der Waals surface area (Å²) in [6, 6.07) is 8.35. The molecule has 136 valence electrons. The van der Waals surface area contributed by atoms with E-state index in [1.807, 2.05) is 13.0 Å². The van der Waals surface area contributed by atoms with Gasteiger partial charge in [-0.3, -0.25) is 0 Å². The Hall–Kier alpha value is -2.47. The van der Waals surface area contributed by atoms with E-state index in [2.05, 4.69) is 50.3 Å². The molecule has 6 heteroatoms. The van der Waals surface area contributed by atoms with E-state index in [0.717, 1.165) is 68.4 Å². The second-order valence-electron chi connectivity index (χ2n) is 6.73. The van der Waals surface area contributed by atoms with Gasteiger partial charge in [-0.05, 0) is 38.9 Å². The molecule has 3 aromatic rings. The van der Waals surface area contributed by atoms with Gasteiger partial charge in [0.05, 0.1) is 16.7 Å². The number of anilines is 1. The van der Waals surface area contributed by atoms with E-state index in [4.69, 9.17) is 4.98 Å². The lowest BCUT2D eigenvalue weighted by Gasteiger charge is -2.14. The summed E-state index contributed by atoms with van der Waals surface area (Å²) >= 11 is 0. The first-order valence-corrected chi connectivity index (χ1v) is 9.51. The highest BCUT2D eigenvalue weighted by molar-refractivity contribution is 5.75. The zero-order chi connectivity index (χ0) is 17.9. The quantitative estimate of drug-likeness (QED) is 0.740. The zero-order valence-corrected chi connectivity index (χ0v) is 15.5. The molecule has 0 radical (unpaired) electrons. The summed E-state index contributed by atoms with van der Waals surface area (Å²) in [5, 5.41) is 7.00. The molecule has 0 amide bonds.